The van der Waals surface area contributed by atoms with Crippen LogP contribution in [0.2, 0.25) is 0 Å². The minimum absolute atomic E-state index is 0.254. The van der Waals surface area contributed by atoms with Crippen LogP contribution in [0.4, 0.5) is 10.2 Å². The highest BCUT2D eigenvalue weighted by Crippen LogP contribution is 2.21. The highest BCUT2D eigenvalue weighted by atomic mass is 19.1. The number of nitrogens with two attached hydrogens (primary N) is 1. The predicted octanol–water partition coefficient (Wildman–Crippen LogP) is 2.93. The van der Waals surface area contributed by atoms with Gasteiger partial charge in [0.2, 0.25) is 0 Å². The lowest BCUT2D eigenvalue weighted by Crippen LogP contribution is -2.38. The van der Waals surface area contributed by atoms with Crippen molar-refractivity contribution in [2.45, 2.75) is 25.7 Å². The van der Waals surface area contributed by atoms with Gasteiger partial charge in [-0.05, 0) is 41.8 Å². The fraction of sp³-hybridized carbons (Fsp3) is 0.160. The van der Waals surface area contributed by atoms with Crippen LogP contribution in [0.15, 0.2) is 67.0 Å². The lowest BCUT2D eigenvalue weighted by atomic mass is 10.0. The number of amides is 1. The number of anilines is 1. The van der Waals surface area contributed by atoms with Crippen molar-refractivity contribution < 1.29 is 9.18 Å². The first-order valence-corrected chi connectivity index (χ1v) is 10.7. The topological polar surface area (TPSA) is 128 Å². The third-order valence-corrected chi connectivity index (χ3v) is 5.53. The highest BCUT2D eigenvalue weighted by molar-refractivity contribution is 5.99. The molecule has 0 saturated heterocycles. The van der Waals surface area contributed by atoms with Crippen molar-refractivity contribution in [3.05, 3.63) is 101 Å². The summed E-state index contributed by atoms with van der Waals surface area (Å²) in [7, 11) is 0. The number of nitrogens with zero attached hydrogens (tertiary/aromatic N) is 2. The van der Waals surface area contributed by atoms with E-state index in [1.54, 1.807) is 19.1 Å². The summed E-state index contributed by atoms with van der Waals surface area (Å²) in [4.78, 5) is 17.3. The Kier molecular flexibility index (Phi) is 6.82. The van der Waals surface area contributed by atoms with Gasteiger partial charge < -0.3 is 21.8 Å². The van der Waals surface area contributed by atoms with Crippen LogP contribution in [0.3, 0.4) is 0 Å². The fourth-order valence-electron chi connectivity index (χ4n) is 3.59. The Labute approximate surface area is 196 Å². The second-order valence-corrected chi connectivity index (χ2v) is 7.90. The van der Waals surface area contributed by atoms with E-state index in [2.05, 4.69) is 26.5 Å². The minimum Gasteiger partial charge on any atom is -0.365 e. The summed E-state index contributed by atoms with van der Waals surface area (Å²) in [6.45, 7) is 2.23. The van der Waals surface area contributed by atoms with Crippen LogP contribution >= 0.6 is 0 Å². The molecule has 0 aliphatic carbocycles. The van der Waals surface area contributed by atoms with E-state index in [-0.39, 0.29) is 35.1 Å². The maximum Gasteiger partial charge on any atom is 0.255 e. The van der Waals surface area contributed by atoms with Crippen molar-refractivity contribution in [2.75, 3.05) is 5.32 Å². The van der Waals surface area contributed by atoms with E-state index in [0.717, 1.165) is 22.3 Å². The molecule has 0 spiro atoms. The van der Waals surface area contributed by atoms with Crippen LogP contribution in [0.25, 0.3) is 5.57 Å². The smallest absolute Gasteiger partial charge is 0.255 e. The third-order valence-electron chi connectivity index (χ3n) is 5.53. The zero-order valence-electron chi connectivity index (χ0n) is 18.5. The van der Waals surface area contributed by atoms with Gasteiger partial charge in [-0.3, -0.25) is 4.79 Å². The normalized spacial score (nSPS) is 15.6. The van der Waals surface area contributed by atoms with Crippen LogP contribution in [0, 0.1) is 17.1 Å². The van der Waals surface area contributed by atoms with Crippen LogP contribution in [-0.4, -0.2) is 17.1 Å². The Hall–Kier alpha value is -4.26. The van der Waals surface area contributed by atoms with Crippen LogP contribution in [0.1, 0.15) is 45.6 Å². The quantitative estimate of drug-likeness (QED) is 0.369. The molecule has 1 aromatic heterocycles. The van der Waals surface area contributed by atoms with Gasteiger partial charge >= 0.3 is 0 Å². The molecule has 34 heavy (non-hydrogen) atoms. The highest BCUT2D eigenvalue weighted by Gasteiger charge is 2.18. The van der Waals surface area contributed by atoms with Crippen molar-refractivity contribution in [3.63, 3.8) is 0 Å². The second-order valence-electron chi connectivity index (χ2n) is 7.90. The molecule has 0 bridgehead atoms. The zero-order valence-corrected chi connectivity index (χ0v) is 18.5. The number of carbonyl (C=O) groups is 1. The summed E-state index contributed by atoms with van der Waals surface area (Å²) < 4.78 is 13.2. The molecule has 0 fully saturated rings. The Morgan fingerprint density at radius 2 is 1.97 bits per heavy atom. The molecule has 3 aromatic rings. The first-order chi connectivity index (χ1) is 16.4. The molecule has 4 rings (SSSR count). The fourth-order valence-corrected chi connectivity index (χ4v) is 3.59. The number of nitriles is 1. The van der Waals surface area contributed by atoms with E-state index in [9.17, 15) is 14.4 Å². The van der Waals surface area contributed by atoms with E-state index in [1.165, 1.54) is 24.4 Å². The summed E-state index contributed by atoms with van der Waals surface area (Å²) in [5.41, 5.74) is 16.0. The van der Waals surface area contributed by atoms with Gasteiger partial charge in [-0.1, -0.05) is 36.4 Å². The van der Waals surface area contributed by atoms with Gasteiger partial charge in [0.1, 0.15) is 23.9 Å². The standard InChI is InChI=1S/C25H24FN7O/c1-15(18-6-8-20(26)9-7-18)32-25(34)21-10-17(11-27)13-30-24(21)29-12-16-2-4-19(5-3-16)22-14-31-33-23(22)28/h2-10,13-15,23,31,33H,12,28H2,1H3,(H,29,30)(H,32,34)/t15-,23?/m0/s1. The number of nitrogens with one attached hydrogen (secondary N) is 4. The van der Waals surface area contributed by atoms with Gasteiger partial charge in [-0.25, -0.2) is 14.8 Å². The van der Waals surface area contributed by atoms with Gasteiger partial charge in [-0.2, -0.15) is 5.26 Å². The van der Waals surface area contributed by atoms with Crippen LogP contribution in [-0.2, 0) is 6.54 Å². The van der Waals surface area contributed by atoms with Gasteiger partial charge in [0.15, 0.2) is 0 Å². The summed E-state index contributed by atoms with van der Waals surface area (Å²) >= 11 is 0. The molecule has 1 amide bonds. The molecule has 1 aliphatic rings. The average Bonchev–Trinajstić information content (AvgIpc) is 3.29. The number of carbonyl (C=O) groups excluding carboxylic acids is 1. The van der Waals surface area contributed by atoms with Crippen LogP contribution < -0.4 is 27.2 Å². The van der Waals surface area contributed by atoms with Crippen LogP contribution in [0.5, 0.6) is 0 Å². The maximum atomic E-state index is 13.2. The zero-order chi connectivity index (χ0) is 24.1. The maximum absolute atomic E-state index is 13.2. The second kappa shape index (κ2) is 10.1. The minimum atomic E-state index is -0.388. The first-order valence-electron chi connectivity index (χ1n) is 10.7. The Morgan fingerprint density at radius 3 is 2.62 bits per heavy atom. The molecule has 8 nitrogen and oxygen atoms in total. The van der Waals surface area contributed by atoms with E-state index < -0.39 is 0 Å². The Balaban J connectivity index is 1.47. The number of halogens is 1. The van der Waals surface area contributed by atoms with E-state index in [0.29, 0.717) is 12.4 Å². The number of aromatic nitrogens is 1. The van der Waals surface area contributed by atoms with Crippen molar-refractivity contribution in [1.82, 2.24) is 21.2 Å². The van der Waals surface area contributed by atoms with Crippen molar-refractivity contribution in [2.24, 2.45) is 5.73 Å². The lowest BCUT2D eigenvalue weighted by molar-refractivity contribution is 0.0940. The number of benzene rings is 2. The van der Waals surface area contributed by atoms with Gasteiger partial charge in [0.05, 0.1) is 17.2 Å². The molecule has 0 saturated carbocycles. The Morgan fingerprint density at radius 1 is 1.24 bits per heavy atom. The molecule has 1 unspecified atom stereocenters. The lowest BCUT2D eigenvalue weighted by Gasteiger charge is -2.17. The first kappa shape index (κ1) is 22.9. The largest absolute Gasteiger partial charge is 0.365 e. The number of hydrogen-bond donors (Lipinski definition) is 5. The number of hydrogen-bond acceptors (Lipinski definition) is 7. The summed E-state index contributed by atoms with van der Waals surface area (Å²) in [5.74, 6) is -0.369. The molecule has 172 valence electrons. The molecule has 1 aliphatic heterocycles. The average molecular weight is 458 g/mol. The van der Waals surface area contributed by atoms with Gasteiger partial charge in [0, 0.05) is 24.5 Å². The summed E-state index contributed by atoms with van der Waals surface area (Å²) in [6.07, 6.45) is 2.97. The number of rotatable bonds is 7. The molecule has 0 radical (unpaired) electrons. The predicted molar refractivity (Wildman–Crippen MR) is 127 cm³/mol. The monoisotopic (exact) mass is 457 g/mol. The van der Waals surface area contributed by atoms with Crippen molar-refractivity contribution in [3.8, 4) is 6.07 Å². The molecule has 2 aromatic carbocycles. The molecule has 6 N–H and O–H groups in total. The molecule has 2 atom stereocenters. The van der Waals surface area contributed by atoms with E-state index in [1.807, 2.05) is 36.5 Å². The SMILES string of the molecule is C[C@H](NC(=O)c1cc(C#N)cnc1NCc1ccc(C2=CNNC2N)cc1)c1ccc(F)cc1. The van der Waals surface area contributed by atoms with Crippen molar-refractivity contribution in [1.29, 1.82) is 5.26 Å². The molecular formula is C25H24FN7O. The van der Waals surface area contributed by atoms with Gasteiger partial charge in [-0.15, -0.1) is 0 Å². The van der Waals surface area contributed by atoms with E-state index >= 15 is 0 Å². The summed E-state index contributed by atoms with van der Waals surface area (Å²) in [5, 5.41) is 15.3. The van der Waals surface area contributed by atoms with Gasteiger partial charge in [0.25, 0.3) is 5.91 Å². The van der Waals surface area contributed by atoms with Crippen molar-refractivity contribution >= 4 is 17.3 Å². The number of pyridine rings is 1. The number of hydrazine groups is 1. The molecular weight excluding hydrogens is 433 g/mol. The third kappa shape index (κ3) is 5.20. The van der Waals surface area contributed by atoms with E-state index in [4.69, 9.17) is 5.73 Å². The Bertz CT molecular complexity index is 1250. The summed E-state index contributed by atoms with van der Waals surface area (Å²) in [6, 6.07) is 17.0. The molecule has 2 heterocycles. The molecule has 9 heteroatoms.